The largest absolute Gasteiger partial charge is 0.495 e. The van der Waals surface area contributed by atoms with E-state index in [1.807, 2.05) is 0 Å². The number of nitrogens with zero attached hydrogens (tertiary/aromatic N) is 1. The molecule has 1 aromatic rings. The summed E-state index contributed by atoms with van der Waals surface area (Å²) < 4.78 is 35.3. The summed E-state index contributed by atoms with van der Waals surface area (Å²) in [6.07, 6.45) is 0. The molecule has 16 heavy (non-hydrogen) atoms. The molecule has 0 unspecified atom stereocenters. The van der Waals surface area contributed by atoms with Gasteiger partial charge in [-0.3, -0.25) is 14.7 Å². The summed E-state index contributed by atoms with van der Waals surface area (Å²) in [5, 5.41) is 10.5. The summed E-state index contributed by atoms with van der Waals surface area (Å²) in [6.45, 7) is 0. The Bertz CT molecular complexity index is 538. The van der Waals surface area contributed by atoms with Crippen molar-refractivity contribution in [2.24, 2.45) is 0 Å². The van der Waals surface area contributed by atoms with E-state index in [0.29, 0.717) is 6.07 Å². The molecule has 0 spiro atoms. The van der Waals surface area contributed by atoms with Gasteiger partial charge in [0.15, 0.2) is 0 Å². The van der Waals surface area contributed by atoms with Crippen molar-refractivity contribution in [1.82, 2.24) is 0 Å². The molecule has 0 aliphatic heterocycles. The lowest BCUT2D eigenvalue weighted by Crippen LogP contribution is -2.05. The van der Waals surface area contributed by atoms with E-state index >= 15 is 0 Å². The van der Waals surface area contributed by atoms with Gasteiger partial charge >= 0.3 is 0 Å². The van der Waals surface area contributed by atoms with Gasteiger partial charge in [0.2, 0.25) is 0 Å². The minimum Gasteiger partial charge on any atom is -0.495 e. The minimum absolute atomic E-state index is 0.255. The third-order valence-electron chi connectivity index (χ3n) is 1.79. The van der Waals surface area contributed by atoms with E-state index < -0.39 is 25.6 Å². The fraction of sp³-hybridized carbons (Fsp3) is 0.143. The number of anilines is 1. The highest BCUT2D eigenvalue weighted by molar-refractivity contribution is 7.86. The van der Waals surface area contributed by atoms with Gasteiger partial charge < -0.3 is 10.5 Å². The Morgan fingerprint density at radius 1 is 1.50 bits per heavy atom. The first-order valence-corrected chi connectivity index (χ1v) is 5.30. The molecule has 0 heterocycles. The number of benzene rings is 1. The van der Waals surface area contributed by atoms with E-state index in [1.165, 1.54) is 0 Å². The van der Waals surface area contributed by atoms with Crippen LogP contribution in [0.25, 0.3) is 0 Å². The lowest BCUT2D eigenvalue weighted by molar-refractivity contribution is -0.384. The number of nitro benzene ring substituents is 1. The Hall–Kier alpha value is -1.87. The lowest BCUT2D eigenvalue weighted by atomic mass is 10.2. The normalized spacial score (nSPS) is 11.1. The predicted molar refractivity (Wildman–Crippen MR) is 53.9 cm³/mol. The molecule has 88 valence electrons. The zero-order chi connectivity index (χ0) is 12.5. The molecule has 0 saturated heterocycles. The number of nitro groups is 1. The Morgan fingerprint density at radius 2 is 2.06 bits per heavy atom. The second kappa shape index (κ2) is 3.94. The van der Waals surface area contributed by atoms with Crippen molar-refractivity contribution in [1.29, 1.82) is 0 Å². The molecular formula is C7H8N2O6S. The van der Waals surface area contributed by atoms with Crippen LogP contribution in [0.5, 0.6) is 5.75 Å². The van der Waals surface area contributed by atoms with Gasteiger partial charge in [-0.25, -0.2) is 0 Å². The van der Waals surface area contributed by atoms with Crippen LogP contribution in [0.15, 0.2) is 17.0 Å². The Kier molecular flexibility index (Phi) is 3.01. The van der Waals surface area contributed by atoms with Gasteiger partial charge in [0.1, 0.15) is 16.3 Å². The highest BCUT2D eigenvalue weighted by Crippen LogP contribution is 2.33. The molecule has 0 aliphatic rings. The van der Waals surface area contributed by atoms with E-state index in [9.17, 15) is 18.5 Å². The highest BCUT2D eigenvalue weighted by Gasteiger charge is 2.23. The van der Waals surface area contributed by atoms with Crippen molar-refractivity contribution < 1.29 is 22.6 Å². The van der Waals surface area contributed by atoms with Crippen LogP contribution in [0, 0.1) is 10.1 Å². The minimum atomic E-state index is -4.60. The molecule has 0 saturated carbocycles. The van der Waals surface area contributed by atoms with Crippen molar-refractivity contribution in [3.63, 3.8) is 0 Å². The number of ether oxygens (including phenoxy) is 1. The molecule has 0 atom stereocenters. The fourth-order valence-electron chi connectivity index (χ4n) is 1.08. The van der Waals surface area contributed by atoms with Crippen molar-refractivity contribution in [3.8, 4) is 5.75 Å². The summed E-state index contributed by atoms with van der Waals surface area (Å²) in [5.74, 6) is -0.259. The molecule has 0 amide bonds. The van der Waals surface area contributed by atoms with E-state index in [-0.39, 0.29) is 11.4 Å². The van der Waals surface area contributed by atoms with Crippen molar-refractivity contribution in [3.05, 3.63) is 22.2 Å². The molecule has 9 heteroatoms. The van der Waals surface area contributed by atoms with E-state index in [0.717, 1.165) is 13.2 Å². The Labute approximate surface area is 90.5 Å². The van der Waals surface area contributed by atoms with Crippen LogP contribution in [0.1, 0.15) is 0 Å². The van der Waals surface area contributed by atoms with Crippen LogP contribution in [0.4, 0.5) is 11.4 Å². The molecule has 1 aromatic carbocycles. The zero-order valence-corrected chi connectivity index (χ0v) is 8.89. The number of hydrogen-bond acceptors (Lipinski definition) is 6. The predicted octanol–water partition coefficient (Wildman–Crippen LogP) is 0.432. The number of nitrogens with two attached hydrogens (primary N) is 1. The molecule has 0 fully saturated rings. The summed E-state index contributed by atoms with van der Waals surface area (Å²) in [7, 11) is -3.46. The average Bonchev–Trinajstić information content (AvgIpc) is 2.14. The van der Waals surface area contributed by atoms with Gasteiger partial charge in [-0.15, -0.1) is 0 Å². The molecule has 0 radical (unpaired) electrons. The maximum Gasteiger partial charge on any atom is 0.298 e. The quantitative estimate of drug-likeness (QED) is 0.343. The SMILES string of the molecule is COc1cc(N)c([N+](=O)[O-])cc1S(=O)(=O)O. The molecular weight excluding hydrogens is 240 g/mol. The number of nitrogen functional groups attached to an aromatic ring is 1. The highest BCUT2D eigenvalue weighted by atomic mass is 32.2. The van der Waals surface area contributed by atoms with E-state index in [2.05, 4.69) is 4.74 Å². The molecule has 1 rings (SSSR count). The van der Waals surface area contributed by atoms with E-state index in [1.54, 1.807) is 0 Å². The zero-order valence-electron chi connectivity index (χ0n) is 8.08. The van der Waals surface area contributed by atoms with Crippen LogP contribution < -0.4 is 10.5 Å². The average molecular weight is 248 g/mol. The molecule has 0 aliphatic carbocycles. The van der Waals surface area contributed by atoms with Crippen molar-refractivity contribution in [2.45, 2.75) is 4.90 Å². The smallest absolute Gasteiger partial charge is 0.298 e. The third-order valence-corrected chi connectivity index (χ3v) is 2.66. The van der Waals surface area contributed by atoms with Crippen molar-refractivity contribution in [2.75, 3.05) is 12.8 Å². The van der Waals surface area contributed by atoms with Gasteiger partial charge in [0.25, 0.3) is 15.8 Å². The summed E-state index contributed by atoms with van der Waals surface area (Å²) >= 11 is 0. The first-order valence-electron chi connectivity index (χ1n) is 3.86. The maximum absolute atomic E-state index is 10.9. The number of rotatable bonds is 3. The van der Waals surface area contributed by atoms with Gasteiger partial charge in [0.05, 0.1) is 12.0 Å². The van der Waals surface area contributed by atoms with Gasteiger partial charge in [0, 0.05) is 12.1 Å². The summed E-state index contributed by atoms with van der Waals surface area (Å²) in [6, 6.07) is 1.60. The standard InChI is InChI=1S/C7H8N2O6S/c1-15-6-2-4(8)5(9(10)11)3-7(6)16(12,13)14/h2-3H,8H2,1H3,(H,12,13,14). The van der Waals surface area contributed by atoms with Crippen LogP contribution in [0.3, 0.4) is 0 Å². The monoisotopic (exact) mass is 248 g/mol. The van der Waals surface area contributed by atoms with Crippen LogP contribution in [-0.2, 0) is 10.1 Å². The Morgan fingerprint density at radius 3 is 2.44 bits per heavy atom. The lowest BCUT2D eigenvalue weighted by Gasteiger charge is -2.06. The third kappa shape index (κ3) is 2.20. The fourth-order valence-corrected chi connectivity index (χ4v) is 1.74. The van der Waals surface area contributed by atoms with E-state index in [4.69, 9.17) is 10.3 Å². The number of methoxy groups -OCH3 is 1. The van der Waals surface area contributed by atoms with Crippen LogP contribution >= 0.6 is 0 Å². The first kappa shape index (κ1) is 12.2. The molecule has 8 nitrogen and oxygen atoms in total. The topological polar surface area (TPSA) is 133 Å². The van der Waals surface area contributed by atoms with Gasteiger partial charge in [-0.05, 0) is 0 Å². The molecule has 0 aromatic heterocycles. The van der Waals surface area contributed by atoms with Crippen LogP contribution in [-0.4, -0.2) is 25.0 Å². The number of hydrogen-bond donors (Lipinski definition) is 2. The van der Waals surface area contributed by atoms with Crippen molar-refractivity contribution >= 4 is 21.5 Å². The molecule has 3 N–H and O–H groups in total. The Balaban J connectivity index is 3.60. The second-order valence-electron chi connectivity index (χ2n) is 2.79. The second-order valence-corrected chi connectivity index (χ2v) is 4.18. The van der Waals surface area contributed by atoms with Gasteiger partial charge in [-0.1, -0.05) is 0 Å². The maximum atomic E-state index is 10.9. The van der Waals surface area contributed by atoms with Crippen LogP contribution in [0.2, 0.25) is 0 Å². The molecule has 0 bridgehead atoms. The van der Waals surface area contributed by atoms with Gasteiger partial charge in [-0.2, -0.15) is 8.42 Å². The first-order chi connectivity index (χ1) is 7.27. The summed E-state index contributed by atoms with van der Waals surface area (Å²) in [5.41, 5.74) is 4.44. The summed E-state index contributed by atoms with van der Waals surface area (Å²) in [4.78, 5) is 8.95.